The maximum Gasteiger partial charge on any atom is 0.309 e. The van der Waals surface area contributed by atoms with Gasteiger partial charge in [-0.15, -0.1) is 0 Å². The van der Waals surface area contributed by atoms with Gasteiger partial charge in [-0.05, 0) is 49.4 Å². The topological polar surface area (TPSA) is 35.5 Å². The minimum Gasteiger partial charge on any atom is -0.463 e. The molecule has 0 aliphatic heterocycles. The molecule has 0 N–H and O–H groups in total. The van der Waals surface area contributed by atoms with Gasteiger partial charge in [0, 0.05) is 0 Å². The van der Waals surface area contributed by atoms with Crippen LogP contribution in [0.1, 0.15) is 52.9 Å². The third-order valence-corrected chi connectivity index (χ3v) is 5.71. The second-order valence-corrected chi connectivity index (χ2v) is 6.67. The van der Waals surface area contributed by atoms with E-state index in [1.54, 1.807) is 0 Å². The van der Waals surface area contributed by atoms with Crippen LogP contribution < -0.4 is 0 Å². The van der Waals surface area contributed by atoms with Gasteiger partial charge >= 0.3 is 5.97 Å². The molecule has 3 heteroatoms. The maximum atomic E-state index is 12.1. The van der Waals surface area contributed by atoms with Crippen LogP contribution in [0, 0.1) is 23.2 Å². The van der Waals surface area contributed by atoms with Crippen LogP contribution >= 0.6 is 0 Å². The number of rotatable bonds is 9. The summed E-state index contributed by atoms with van der Waals surface area (Å²) in [7, 11) is 0. The molecule has 0 spiro atoms. The molecule has 2 bridgehead atoms. The van der Waals surface area contributed by atoms with Gasteiger partial charge in [-0.2, -0.15) is 0 Å². The average Bonchev–Trinajstić information content (AvgIpc) is 3.14. The predicted molar refractivity (Wildman–Crippen MR) is 83.9 cm³/mol. The summed E-state index contributed by atoms with van der Waals surface area (Å²) >= 11 is 0. The van der Waals surface area contributed by atoms with E-state index < -0.39 is 0 Å². The van der Waals surface area contributed by atoms with Crippen molar-refractivity contribution in [3.05, 3.63) is 12.2 Å². The van der Waals surface area contributed by atoms with Crippen LogP contribution in [0.3, 0.4) is 0 Å². The highest BCUT2D eigenvalue weighted by Crippen LogP contribution is 2.43. The fraction of sp³-hybridized carbons (Fsp3) is 0.833. The Morgan fingerprint density at radius 2 is 1.81 bits per heavy atom. The third-order valence-electron chi connectivity index (χ3n) is 5.71. The zero-order chi connectivity index (χ0) is 15.3. The van der Waals surface area contributed by atoms with E-state index in [1.807, 2.05) is 0 Å². The number of hydrogen-bond acceptors (Lipinski definition) is 3. The number of fused-ring (bicyclic) bond motifs is 2. The molecule has 3 unspecified atom stereocenters. The second kappa shape index (κ2) is 7.44. The Kier molecular flexibility index (Phi) is 5.86. The zero-order valence-corrected chi connectivity index (χ0v) is 13.8. The first-order chi connectivity index (χ1) is 10.1. The van der Waals surface area contributed by atoms with Gasteiger partial charge in [0.2, 0.25) is 0 Å². The molecular weight excluding hydrogens is 264 g/mol. The molecule has 2 aliphatic carbocycles. The highest BCUT2D eigenvalue weighted by molar-refractivity contribution is 5.74. The standard InChI is InChI=1S/C18H30O3/c1-4-18(5-2,6-3)13-20-9-10-21-17(19)16-12-14-7-8-15(16)11-14/h7-8,14-16H,4-6,9-13H2,1-3H3. The number of carbonyl (C=O) groups is 1. The highest BCUT2D eigenvalue weighted by Gasteiger charge is 2.40. The molecule has 0 aromatic carbocycles. The highest BCUT2D eigenvalue weighted by atomic mass is 16.6. The maximum absolute atomic E-state index is 12.1. The molecule has 3 atom stereocenters. The van der Waals surface area contributed by atoms with E-state index in [0.717, 1.165) is 38.7 Å². The summed E-state index contributed by atoms with van der Waals surface area (Å²) in [6.45, 7) is 8.34. The van der Waals surface area contributed by atoms with Crippen molar-refractivity contribution in [3.63, 3.8) is 0 Å². The Morgan fingerprint density at radius 3 is 2.33 bits per heavy atom. The molecule has 0 aromatic rings. The lowest BCUT2D eigenvalue weighted by atomic mass is 9.81. The van der Waals surface area contributed by atoms with Crippen LogP contribution in [0.5, 0.6) is 0 Å². The van der Waals surface area contributed by atoms with Crippen LogP contribution in [-0.4, -0.2) is 25.8 Å². The van der Waals surface area contributed by atoms with E-state index in [1.165, 1.54) is 0 Å². The molecular formula is C18H30O3. The lowest BCUT2D eigenvalue weighted by Crippen LogP contribution is -2.27. The Labute approximate surface area is 129 Å². The van der Waals surface area contributed by atoms with Gasteiger partial charge in [-0.25, -0.2) is 0 Å². The van der Waals surface area contributed by atoms with E-state index in [2.05, 4.69) is 32.9 Å². The van der Waals surface area contributed by atoms with Gasteiger partial charge in [0.25, 0.3) is 0 Å². The summed E-state index contributed by atoms with van der Waals surface area (Å²) in [4.78, 5) is 12.1. The number of ether oxygens (including phenoxy) is 2. The first-order valence-electron chi connectivity index (χ1n) is 8.56. The Morgan fingerprint density at radius 1 is 1.10 bits per heavy atom. The first-order valence-corrected chi connectivity index (χ1v) is 8.56. The molecule has 2 aliphatic rings. The van der Waals surface area contributed by atoms with Crippen molar-refractivity contribution in [1.29, 1.82) is 0 Å². The molecule has 0 saturated heterocycles. The molecule has 21 heavy (non-hydrogen) atoms. The third kappa shape index (κ3) is 3.88. The normalized spacial score (nSPS) is 27.3. The number of esters is 1. The molecule has 1 fully saturated rings. The first kappa shape index (κ1) is 16.5. The SMILES string of the molecule is CCC(CC)(CC)COCCOC(=O)C1CC2C=CC1C2. The van der Waals surface area contributed by atoms with Crippen LogP contribution in [0.15, 0.2) is 12.2 Å². The lowest BCUT2D eigenvalue weighted by molar-refractivity contribution is -0.151. The van der Waals surface area contributed by atoms with E-state index in [9.17, 15) is 4.79 Å². The van der Waals surface area contributed by atoms with Crippen LogP contribution in [-0.2, 0) is 14.3 Å². The molecule has 120 valence electrons. The largest absolute Gasteiger partial charge is 0.463 e. The van der Waals surface area contributed by atoms with E-state index in [4.69, 9.17) is 9.47 Å². The zero-order valence-electron chi connectivity index (χ0n) is 13.8. The van der Waals surface area contributed by atoms with Gasteiger partial charge in [-0.3, -0.25) is 4.79 Å². The molecule has 1 saturated carbocycles. The summed E-state index contributed by atoms with van der Waals surface area (Å²) in [5.74, 6) is 1.11. The monoisotopic (exact) mass is 294 g/mol. The Hall–Kier alpha value is -0.830. The van der Waals surface area contributed by atoms with Crippen molar-refractivity contribution in [2.24, 2.45) is 23.2 Å². The molecule has 0 amide bonds. The molecule has 3 nitrogen and oxygen atoms in total. The summed E-state index contributed by atoms with van der Waals surface area (Å²) in [5, 5.41) is 0. The van der Waals surface area contributed by atoms with Gasteiger partial charge in [0.15, 0.2) is 0 Å². The average molecular weight is 294 g/mol. The summed E-state index contributed by atoms with van der Waals surface area (Å²) < 4.78 is 11.2. The van der Waals surface area contributed by atoms with Crippen LogP contribution in [0.25, 0.3) is 0 Å². The summed E-state index contributed by atoms with van der Waals surface area (Å²) in [6.07, 6.45) is 9.96. The van der Waals surface area contributed by atoms with E-state index in [-0.39, 0.29) is 11.9 Å². The minimum atomic E-state index is -0.0248. The molecule has 0 heterocycles. The van der Waals surface area contributed by atoms with Crippen LogP contribution in [0.2, 0.25) is 0 Å². The lowest BCUT2D eigenvalue weighted by Gasteiger charge is -2.30. The molecule has 2 rings (SSSR count). The number of allylic oxidation sites excluding steroid dienone is 2. The van der Waals surface area contributed by atoms with Gasteiger partial charge in [0.1, 0.15) is 6.61 Å². The van der Waals surface area contributed by atoms with Gasteiger partial charge < -0.3 is 9.47 Å². The summed E-state index contributed by atoms with van der Waals surface area (Å²) in [5.41, 5.74) is 0.291. The van der Waals surface area contributed by atoms with Gasteiger partial charge in [-0.1, -0.05) is 32.9 Å². The Balaban J connectivity index is 1.62. The Bertz CT molecular complexity index is 362. The van der Waals surface area contributed by atoms with E-state index >= 15 is 0 Å². The predicted octanol–water partition coefficient (Wildman–Crippen LogP) is 3.97. The van der Waals surface area contributed by atoms with Crippen molar-refractivity contribution >= 4 is 5.97 Å². The fourth-order valence-corrected chi connectivity index (χ4v) is 3.70. The van der Waals surface area contributed by atoms with Crippen molar-refractivity contribution in [2.75, 3.05) is 19.8 Å². The van der Waals surface area contributed by atoms with Crippen molar-refractivity contribution < 1.29 is 14.3 Å². The van der Waals surface area contributed by atoms with E-state index in [0.29, 0.717) is 30.5 Å². The molecule has 0 radical (unpaired) electrons. The quantitative estimate of drug-likeness (QED) is 0.366. The fourth-order valence-electron chi connectivity index (χ4n) is 3.70. The van der Waals surface area contributed by atoms with Crippen molar-refractivity contribution in [3.8, 4) is 0 Å². The van der Waals surface area contributed by atoms with Gasteiger partial charge in [0.05, 0.1) is 19.1 Å². The van der Waals surface area contributed by atoms with Crippen LogP contribution in [0.4, 0.5) is 0 Å². The molecule has 0 aromatic heterocycles. The smallest absolute Gasteiger partial charge is 0.309 e. The van der Waals surface area contributed by atoms with Crippen molar-refractivity contribution in [1.82, 2.24) is 0 Å². The minimum absolute atomic E-state index is 0.0248. The van der Waals surface area contributed by atoms with Crippen molar-refractivity contribution in [2.45, 2.75) is 52.9 Å². The summed E-state index contributed by atoms with van der Waals surface area (Å²) in [6, 6.07) is 0. The number of carbonyl (C=O) groups excluding carboxylic acids is 1. The second-order valence-electron chi connectivity index (χ2n) is 6.67. The number of hydrogen-bond donors (Lipinski definition) is 0.